The highest BCUT2D eigenvalue weighted by atomic mass is 14.9. The molecule has 0 heterocycles. The fourth-order valence-electron chi connectivity index (χ4n) is 1.72. The molecule has 1 unspecified atom stereocenters. The summed E-state index contributed by atoms with van der Waals surface area (Å²) in [5.74, 6) is 0. The highest BCUT2D eigenvalue weighted by Gasteiger charge is 2.00. The normalized spacial score (nSPS) is 12.8. The van der Waals surface area contributed by atoms with Gasteiger partial charge in [-0.25, -0.2) is 0 Å². The van der Waals surface area contributed by atoms with E-state index in [1.54, 1.807) is 0 Å². The van der Waals surface area contributed by atoms with Gasteiger partial charge in [-0.15, -0.1) is 0 Å². The summed E-state index contributed by atoms with van der Waals surface area (Å²) in [6, 6.07) is 6.66. The van der Waals surface area contributed by atoms with Gasteiger partial charge in [0.25, 0.3) is 0 Å². The largest absolute Gasteiger partial charge is 0.329 e. The molecule has 1 aromatic carbocycles. The molecule has 0 spiro atoms. The molecular formula is C13H23N3. The standard InChI is InChI=1S/C13H23N3/c1-10-3-4-12(11(2)7-10)5-6-16-9-13(15)8-14/h3-4,7,13,16H,5-6,8-9,14-15H2,1-2H3. The maximum atomic E-state index is 5.71. The van der Waals surface area contributed by atoms with Crippen LogP contribution in [0.3, 0.4) is 0 Å². The predicted octanol–water partition coefficient (Wildman–Crippen LogP) is 0.722. The Bertz CT molecular complexity index is 323. The first kappa shape index (κ1) is 13.2. The smallest absolute Gasteiger partial charge is 0.0290 e. The molecule has 16 heavy (non-hydrogen) atoms. The summed E-state index contributed by atoms with van der Waals surface area (Å²) in [7, 11) is 0. The van der Waals surface area contributed by atoms with Crippen molar-refractivity contribution in [3.05, 3.63) is 34.9 Å². The molecule has 3 heteroatoms. The summed E-state index contributed by atoms with van der Waals surface area (Å²) in [6.45, 7) is 6.57. The monoisotopic (exact) mass is 221 g/mol. The highest BCUT2D eigenvalue weighted by molar-refractivity contribution is 5.30. The van der Waals surface area contributed by atoms with Crippen molar-refractivity contribution in [1.29, 1.82) is 0 Å². The number of hydrogen-bond acceptors (Lipinski definition) is 3. The van der Waals surface area contributed by atoms with Crippen molar-refractivity contribution < 1.29 is 0 Å². The van der Waals surface area contributed by atoms with Crippen LogP contribution < -0.4 is 16.8 Å². The number of nitrogens with one attached hydrogen (secondary N) is 1. The van der Waals surface area contributed by atoms with E-state index in [0.717, 1.165) is 19.5 Å². The quantitative estimate of drug-likeness (QED) is 0.620. The molecule has 0 fully saturated rings. The molecule has 0 saturated heterocycles. The van der Waals surface area contributed by atoms with E-state index in [9.17, 15) is 0 Å². The van der Waals surface area contributed by atoms with Gasteiger partial charge in [-0.05, 0) is 37.9 Å². The van der Waals surface area contributed by atoms with Gasteiger partial charge in [0.2, 0.25) is 0 Å². The van der Waals surface area contributed by atoms with Crippen molar-refractivity contribution in [3.63, 3.8) is 0 Å². The van der Waals surface area contributed by atoms with Gasteiger partial charge in [0.05, 0.1) is 0 Å². The molecule has 0 saturated carbocycles. The van der Waals surface area contributed by atoms with Crippen molar-refractivity contribution >= 4 is 0 Å². The molecule has 0 amide bonds. The number of aryl methyl sites for hydroxylation is 2. The van der Waals surface area contributed by atoms with Crippen LogP contribution in [0.25, 0.3) is 0 Å². The second kappa shape index (κ2) is 6.63. The first-order valence-corrected chi connectivity index (χ1v) is 5.86. The van der Waals surface area contributed by atoms with Crippen LogP contribution in [0, 0.1) is 13.8 Å². The van der Waals surface area contributed by atoms with E-state index < -0.39 is 0 Å². The average Bonchev–Trinajstić information content (AvgIpc) is 2.26. The molecule has 1 aromatic rings. The van der Waals surface area contributed by atoms with Crippen LogP contribution in [0.1, 0.15) is 16.7 Å². The third kappa shape index (κ3) is 4.31. The number of rotatable bonds is 6. The van der Waals surface area contributed by atoms with Gasteiger partial charge in [0, 0.05) is 19.1 Å². The minimum Gasteiger partial charge on any atom is -0.329 e. The lowest BCUT2D eigenvalue weighted by atomic mass is 10.0. The zero-order valence-electron chi connectivity index (χ0n) is 10.3. The van der Waals surface area contributed by atoms with Crippen molar-refractivity contribution in [3.8, 4) is 0 Å². The van der Waals surface area contributed by atoms with E-state index in [4.69, 9.17) is 11.5 Å². The van der Waals surface area contributed by atoms with Crippen LogP contribution in [0.4, 0.5) is 0 Å². The van der Waals surface area contributed by atoms with Gasteiger partial charge in [0.15, 0.2) is 0 Å². The van der Waals surface area contributed by atoms with Crippen LogP contribution >= 0.6 is 0 Å². The third-order valence-electron chi connectivity index (χ3n) is 2.78. The zero-order valence-corrected chi connectivity index (χ0v) is 10.3. The second-order valence-electron chi connectivity index (χ2n) is 4.38. The molecular weight excluding hydrogens is 198 g/mol. The lowest BCUT2D eigenvalue weighted by Crippen LogP contribution is -2.40. The summed E-state index contributed by atoms with van der Waals surface area (Å²) in [5, 5.41) is 3.32. The third-order valence-corrected chi connectivity index (χ3v) is 2.78. The average molecular weight is 221 g/mol. The lowest BCUT2D eigenvalue weighted by Gasteiger charge is -2.11. The second-order valence-corrected chi connectivity index (χ2v) is 4.38. The zero-order chi connectivity index (χ0) is 12.0. The van der Waals surface area contributed by atoms with Crippen molar-refractivity contribution in [1.82, 2.24) is 5.32 Å². The number of nitrogens with two attached hydrogens (primary N) is 2. The van der Waals surface area contributed by atoms with Gasteiger partial charge >= 0.3 is 0 Å². The van der Waals surface area contributed by atoms with Crippen molar-refractivity contribution in [2.75, 3.05) is 19.6 Å². The minimum atomic E-state index is 0.0686. The molecule has 0 radical (unpaired) electrons. The Morgan fingerprint density at radius 3 is 2.69 bits per heavy atom. The molecule has 0 aliphatic heterocycles. The molecule has 0 aliphatic carbocycles. The summed E-state index contributed by atoms with van der Waals surface area (Å²) >= 11 is 0. The number of hydrogen-bond donors (Lipinski definition) is 3. The highest BCUT2D eigenvalue weighted by Crippen LogP contribution is 2.10. The van der Waals surface area contributed by atoms with E-state index in [0.29, 0.717) is 6.54 Å². The van der Waals surface area contributed by atoms with Crippen LogP contribution in [0.15, 0.2) is 18.2 Å². The summed E-state index contributed by atoms with van der Waals surface area (Å²) in [4.78, 5) is 0. The molecule has 0 bridgehead atoms. The van der Waals surface area contributed by atoms with Gasteiger partial charge in [-0.1, -0.05) is 23.8 Å². The van der Waals surface area contributed by atoms with Crippen molar-refractivity contribution in [2.24, 2.45) is 11.5 Å². The number of benzene rings is 1. The Labute approximate surface area is 98.2 Å². The SMILES string of the molecule is Cc1ccc(CCNCC(N)CN)c(C)c1. The van der Waals surface area contributed by atoms with Crippen LogP contribution in [0.5, 0.6) is 0 Å². The fraction of sp³-hybridized carbons (Fsp3) is 0.538. The van der Waals surface area contributed by atoms with Gasteiger partial charge in [0.1, 0.15) is 0 Å². The predicted molar refractivity (Wildman–Crippen MR) is 69.5 cm³/mol. The topological polar surface area (TPSA) is 64.1 Å². The Hall–Kier alpha value is -0.900. The van der Waals surface area contributed by atoms with E-state index >= 15 is 0 Å². The maximum absolute atomic E-state index is 5.71. The molecule has 5 N–H and O–H groups in total. The summed E-state index contributed by atoms with van der Waals surface area (Å²) < 4.78 is 0. The summed E-state index contributed by atoms with van der Waals surface area (Å²) in [5.41, 5.74) is 15.2. The Balaban J connectivity index is 2.32. The first-order valence-electron chi connectivity index (χ1n) is 5.86. The Morgan fingerprint density at radius 2 is 2.06 bits per heavy atom. The van der Waals surface area contributed by atoms with Gasteiger partial charge in [-0.3, -0.25) is 0 Å². The maximum Gasteiger partial charge on any atom is 0.0290 e. The van der Waals surface area contributed by atoms with E-state index in [1.165, 1.54) is 16.7 Å². The van der Waals surface area contributed by atoms with E-state index in [2.05, 4.69) is 37.4 Å². The van der Waals surface area contributed by atoms with Gasteiger partial charge in [-0.2, -0.15) is 0 Å². The van der Waals surface area contributed by atoms with E-state index in [-0.39, 0.29) is 6.04 Å². The van der Waals surface area contributed by atoms with Gasteiger partial charge < -0.3 is 16.8 Å². The van der Waals surface area contributed by atoms with Crippen LogP contribution in [-0.2, 0) is 6.42 Å². The van der Waals surface area contributed by atoms with Crippen LogP contribution in [-0.4, -0.2) is 25.7 Å². The molecule has 0 aliphatic rings. The first-order chi connectivity index (χ1) is 7.63. The Kier molecular flexibility index (Phi) is 5.46. The molecule has 3 nitrogen and oxygen atoms in total. The molecule has 90 valence electrons. The summed E-state index contributed by atoms with van der Waals surface area (Å²) in [6.07, 6.45) is 1.05. The van der Waals surface area contributed by atoms with E-state index in [1.807, 2.05) is 0 Å². The molecule has 1 rings (SSSR count). The Morgan fingerprint density at radius 1 is 1.31 bits per heavy atom. The lowest BCUT2D eigenvalue weighted by molar-refractivity contribution is 0.583. The molecule has 0 aromatic heterocycles. The fourth-order valence-corrected chi connectivity index (χ4v) is 1.72. The minimum absolute atomic E-state index is 0.0686. The van der Waals surface area contributed by atoms with Crippen LogP contribution in [0.2, 0.25) is 0 Å². The van der Waals surface area contributed by atoms with Crippen molar-refractivity contribution in [2.45, 2.75) is 26.3 Å². The molecule has 1 atom stereocenters.